The number of thiazole rings is 1. The highest BCUT2D eigenvalue weighted by atomic mass is 32.1. The average Bonchev–Trinajstić information content (AvgIpc) is 3.32. The first-order chi connectivity index (χ1) is 12.7. The van der Waals surface area contributed by atoms with Gasteiger partial charge in [-0.15, -0.1) is 11.3 Å². The first-order valence-corrected chi connectivity index (χ1v) is 9.39. The molecular formula is C16H20N8OS. The monoisotopic (exact) mass is 372 g/mol. The van der Waals surface area contributed by atoms with Gasteiger partial charge in [0.1, 0.15) is 12.1 Å². The van der Waals surface area contributed by atoms with Crippen LogP contribution in [0, 0.1) is 0 Å². The third kappa shape index (κ3) is 3.32. The number of carbonyl (C=O) groups is 1. The molecule has 3 aromatic rings. The van der Waals surface area contributed by atoms with Crippen molar-refractivity contribution in [3.05, 3.63) is 29.1 Å². The smallest absolute Gasteiger partial charge is 0.317 e. The van der Waals surface area contributed by atoms with E-state index in [1.807, 2.05) is 17.3 Å². The van der Waals surface area contributed by atoms with Gasteiger partial charge in [0.2, 0.25) is 0 Å². The van der Waals surface area contributed by atoms with Gasteiger partial charge in [-0.25, -0.2) is 19.7 Å². The Morgan fingerprint density at radius 3 is 2.85 bits per heavy atom. The molecule has 4 rings (SSSR count). The number of carbonyl (C=O) groups excluding carboxylic acids is 1. The fraction of sp³-hybridized carbons (Fsp3) is 0.438. The van der Waals surface area contributed by atoms with Gasteiger partial charge in [0, 0.05) is 57.8 Å². The summed E-state index contributed by atoms with van der Waals surface area (Å²) in [5, 5.41) is 11.2. The van der Waals surface area contributed by atoms with Gasteiger partial charge < -0.3 is 15.1 Å². The molecule has 9 nitrogen and oxygen atoms in total. The molecular weight excluding hydrogens is 352 g/mol. The number of nitrogens with one attached hydrogen (secondary N) is 1. The third-order valence-electron chi connectivity index (χ3n) is 4.47. The number of piperazine rings is 1. The fourth-order valence-corrected chi connectivity index (χ4v) is 3.71. The number of aromatic nitrogens is 5. The number of hydrogen-bond acceptors (Lipinski definition) is 7. The van der Waals surface area contributed by atoms with Crippen molar-refractivity contribution in [2.75, 3.05) is 37.6 Å². The van der Waals surface area contributed by atoms with Crippen molar-refractivity contribution in [2.45, 2.75) is 6.42 Å². The Balaban J connectivity index is 1.32. The van der Waals surface area contributed by atoms with Gasteiger partial charge in [-0.2, -0.15) is 5.10 Å². The van der Waals surface area contributed by atoms with Crippen molar-refractivity contribution in [3.8, 4) is 0 Å². The van der Waals surface area contributed by atoms with Crippen molar-refractivity contribution >= 4 is 34.2 Å². The summed E-state index contributed by atoms with van der Waals surface area (Å²) in [6.45, 7) is 3.40. The van der Waals surface area contributed by atoms with E-state index in [9.17, 15) is 4.79 Å². The van der Waals surface area contributed by atoms with Gasteiger partial charge >= 0.3 is 6.03 Å². The second-order valence-corrected chi connectivity index (χ2v) is 7.06. The van der Waals surface area contributed by atoms with Crippen LogP contribution in [-0.2, 0) is 13.5 Å². The van der Waals surface area contributed by atoms with Gasteiger partial charge in [-0.05, 0) is 0 Å². The van der Waals surface area contributed by atoms with Crippen LogP contribution in [0.1, 0.15) is 5.01 Å². The van der Waals surface area contributed by atoms with Gasteiger partial charge in [0.05, 0.1) is 16.6 Å². The van der Waals surface area contributed by atoms with Gasteiger partial charge in [-0.3, -0.25) is 4.68 Å². The highest BCUT2D eigenvalue weighted by Gasteiger charge is 2.23. The Morgan fingerprint density at radius 2 is 2.08 bits per heavy atom. The second kappa shape index (κ2) is 7.24. The highest BCUT2D eigenvalue weighted by molar-refractivity contribution is 7.09. The molecule has 26 heavy (non-hydrogen) atoms. The van der Waals surface area contributed by atoms with E-state index in [-0.39, 0.29) is 6.03 Å². The Bertz CT molecular complexity index is 885. The standard InChI is InChI=1S/C16H20N8OS/c1-22-14-12(10-21-22)15(20-11-19-14)23-5-7-24(8-6-23)16(25)18-3-2-13-17-4-9-26-13/h4,9-11H,2-3,5-8H2,1H3,(H,18,25). The van der Waals surface area contributed by atoms with E-state index in [0.29, 0.717) is 19.6 Å². The molecule has 0 radical (unpaired) electrons. The van der Waals surface area contributed by atoms with Crippen molar-refractivity contribution in [3.63, 3.8) is 0 Å². The van der Waals surface area contributed by atoms with Gasteiger partial charge in [0.15, 0.2) is 5.65 Å². The molecule has 136 valence electrons. The van der Waals surface area contributed by atoms with E-state index in [0.717, 1.165) is 41.4 Å². The molecule has 10 heteroatoms. The lowest BCUT2D eigenvalue weighted by molar-refractivity contribution is 0.194. The first kappa shape index (κ1) is 16.7. The molecule has 3 aromatic heterocycles. The lowest BCUT2D eigenvalue weighted by atomic mass is 10.3. The number of aryl methyl sites for hydroxylation is 1. The van der Waals surface area contributed by atoms with Crippen LogP contribution in [0.3, 0.4) is 0 Å². The van der Waals surface area contributed by atoms with Crippen LogP contribution in [0.4, 0.5) is 10.6 Å². The lowest BCUT2D eigenvalue weighted by Crippen LogP contribution is -2.52. The summed E-state index contributed by atoms with van der Waals surface area (Å²) in [5.41, 5.74) is 0.817. The molecule has 2 amide bonds. The summed E-state index contributed by atoms with van der Waals surface area (Å²) in [6.07, 6.45) is 5.91. The first-order valence-electron chi connectivity index (χ1n) is 8.51. The van der Waals surface area contributed by atoms with Crippen molar-refractivity contribution in [2.24, 2.45) is 7.05 Å². The van der Waals surface area contributed by atoms with E-state index >= 15 is 0 Å². The Labute approximate surface area is 154 Å². The zero-order chi connectivity index (χ0) is 17.9. The molecule has 0 aromatic carbocycles. The number of rotatable bonds is 4. The molecule has 1 N–H and O–H groups in total. The number of urea groups is 1. The Kier molecular flexibility index (Phi) is 4.65. The number of nitrogens with zero attached hydrogens (tertiary/aromatic N) is 7. The summed E-state index contributed by atoms with van der Waals surface area (Å²) >= 11 is 1.61. The zero-order valence-corrected chi connectivity index (χ0v) is 15.3. The number of hydrogen-bond donors (Lipinski definition) is 1. The van der Waals surface area contributed by atoms with E-state index in [1.54, 1.807) is 34.7 Å². The zero-order valence-electron chi connectivity index (χ0n) is 14.5. The Morgan fingerprint density at radius 1 is 1.23 bits per heavy atom. The van der Waals surface area contributed by atoms with Gasteiger partial charge in [-0.1, -0.05) is 0 Å². The Hall–Kier alpha value is -2.75. The second-order valence-electron chi connectivity index (χ2n) is 6.08. The third-order valence-corrected chi connectivity index (χ3v) is 5.31. The topological polar surface area (TPSA) is 92.1 Å². The number of amides is 2. The highest BCUT2D eigenvalue weighted by Crippen LogP contribution is 2.23. The summed E-state index contributed by atoms with van der Waals surface area (Å²) in [6, 6.07) is -0.0181. The number of fused-ring (bicyclic) bond motifs is 1. The molecule has 0 spiro atoms. The summed E-state index contributed by atoms with van der Waals surface area (Å²) in [4.78, 5) is 29.3. The predicted molar refractivity (Wildman–Crippen MR) is 99.3 cm³/mol. The van der Waals surface area contributed by atoms with E-state index in [2.05, 4.69) is 30.3 Å². The maximum atomic E-state index is 12.3. The summed E-state index contributed by atoms with van der Waals surface area (Å²) in [5.74, 6) is 0.881. The van der Waals surface area contributed by atoms with Crippen LogP contribution in [0.5, 0.6) is 0 Å². The molecule has 1 aliphatic rings. The minimum atomic E-state index is -0.0181. The van der Waals surface area contributed by atoms with Crippen molar-refractivity contribution in [1.29, 1.82) is 0 Å². The van der Waals surface area contributed by atoms with Crippen LogP contribution in [0.2, 0.25) is 0 Å². The van der Waals surface area contributed by atoms with Crippen molar-refractivity contribution < 1.29 is 4.79 Å². The van der Waals surface area contributed by atoms with Crippen LogP contribution >= 0.6 is 11.3 Å². The largest absolute Gasteiger partial charge is 0.352 e. The predicted octanol–water partition coefficient (Wildman–Crippen LogP) is 0.894. The maximum absolute atomic E-state index is 12.3. The van der Waals surface area contributed by atoms with Crippen LogP contribution < -0.4 is 10.2 Å². The van der Waals surface area contributed by atoms with Gasteiger partial charge in [0.25, 0.3) is 0 Å². The SMILES string of the molecule is Cn1ncc2c(N3CCN(C(=O)NCCc4nccs4)CC3)ncnc21. The van der Waals surface area contributed by atoms with Crippen molar-refractivity contribution in [1.82, 2.24) is 34.9 Å². The van der Waals surface area contributed by atoms with E-state index < -0.39 is 0 Å². The molecule has 0 unspecified atom stereocenters. The molecule has 0 aliphatic carbocycles. The number of anilines is 1. The molecule has 1 saturated heterocycles. The maximum Gasteiger partial charge on any atom is 0.317 e. The van der Waals surface area contributed by atoms with Crippen LogP contribution in [0.25, 0.3) is 11.0 Å². The van der Waals surface area contributed by atoms with E-state index in [4.69, 9.17) is 0 Å². The average molecular weight is 372 g/mol. The molecule has 1 fully saturated rings. The van der Waals surface area contributed by atoms with Crippen LogP contribution in [0.15, 0.2) is 24.1 Å². The molecule has 0 atom stereocenters. The minimum absolute atomic E-state index is 0.0181. The molecule has 4 heterocycles. The minimum Gasteiger partial charge on any atom is -0.352 e. The van der Waals surface area contributed by atoms with E-state index in [1.165, 1.54) is 0 Å². The molecule has 1 aliphatic heterocycles. The summed E-state index contributed by atoms with van der Waals surface area (Å²) < 4.78 is 1.74. The quantitative estimate of drug-likeness (QED) is 0.731. The fourth-order valence-electron chi connectivity index (χ4n) is 3.09. The lowest BCUT2D eigenvalue weighted by Gasteiger charge is -2.35. The summed E-state index contributed by atoms with van der Waals surface area (Å²) in [7, 11) is 1.87. The molecule has 0 bridgehead atoms. The van der Waals surface area contributed by atoms with Crippen LogP contribution in [-0.4, -0.2) is 68.4 Å². The molecule has 0 saturated carbocycles. The normalized spacial score (nSPS) is 14.8.